The third-order valence-corrected chi connectivity index (χ3v) is 3.34. The van der Waals surface area contributed by atoms with Gasteiger partial charge in [-0.1, -0.05) is 22.0 Å². The Morgan fingerprint density at radius 2 is 2.38 bits per heavy atom. The first-order valence-electron chi connectivity index (χ1n) is 5.45. The minimum absolute atomic E-state index is 0.0137. The predicted octanol–water partition coefficient (Wildman–Crippen LogP) is 3.03. The molecule has 88 valence electrons. The zero-order valence-corrected chi connectivity index (χ0v) is 10.8. The van der Waals surface area contributed by atoms with Crippen LogP contribution in [0.25, 0.3) is 0 Å². The van der Waals surface area contributed by atoms with Gasteiger partial charge in [-0.3, -0.25) is 0 Å². The molecule has 1 saturated heterocycles. The fourth-order valence-electron chi connectivity index (χ4n) is 1.96. The van der Waals surface area contributed by atoms with E-state index in [4.69, 9.17) is 4.74 Å². The summed E-state index contributed by atoms with van der Waals surface area (Å²) in [7, 11) is 0. The zero-order chi connectivity index (χ0) is 11.5. The van der Waals surface area contributed by atoms with Crippen LogP contribution in [0, 0.1) is 5.82 Å². The second kappa shape index (κ2) is 5.25. The number of nitrogens with one attached hydrogen (secondary N) is 1. The molecular weight excluding hydrogens is 273 g/mol. The monoisotopic (exact) mass is 287 g/mol. The summed E-state index contributed by atoms with van der Waals surface area (Å²) < 4.78 is 19.7. The zero-order valence-electron chi connectivity index (χ0n) is 9.17. The van der Waals surface area contributed by atoms with Crippen molar-refractivity contribution in [1.82, 2.24) is 5.32 Å². The normalized spacial score (nSPS) is 22.3. The summed E-state index contributed by atoms with van der Waals surface area (Å²) in [5.74, 6) is -0.173. The van der Waals surface area contributed by atoms with Crippen LogP contribution in [0.5, 0.6) is 0 Å². The maximum atomic E-state index is 13.7. The third-order valence-electron chi connectivity index (χ3n) is 2.84. The predicted molar refractivity (Wildman–Crippen MR) is 64.9 cm³/mol. The van der Waals surface area contributed by atoms with Gasteiger partial charge in [0.05, 0.1) is 6.61 Å². The van der Waals surface area contributed by atoms with E-state index in [1.54, 1.807) is 0 Å². The molecular formula is C12H15BrFNO. The summed E-state index contributed by atoms with van der Waals surface area (Å²) in [5.41, 5.74) is 0.704. The molecule has 4 heteroatoms. The van der Waals surface area contributed by atoms with E-state index in [1.165, 1.54) is 6.07 Å². The van der Waals surface area contributed by atoms with Gasteiger partial charge in [-0.25, -0.2) is 4.39 Å². The minimum atomic E-state index is -0.173. The van der Waals surface area contributed by atoms with Gasteiger partial charge in [0, 0.05) is 28.7 Å². The average Bonchev–Trinajstić information content (AvgIpc) is 2.70. The quantitative estimate of drug-likeness (QED) is 0.923. The summed E-state index contributed by atoms with van der Waals surface area (Å²) in [6.07, 6.45) is 1.00. The topological polar surface area (TPSA) is 21.3 Å². The Hall–Kier alpha value is -0.450. The summed E-state index contributed by atoms with van der Waals surface area (Å²) in [4.78, 5) is 0. The number of hydrogen-bond acceptors (Lipinski definition) is 2. The molecule has 0 spiro atoms. The molecule has 16 heavy (non-hydrogen) atoms. The van der Waals surface area contributed by atoms with Gasteiger partial charge in [-0.05, 0) is 25.5 Å². The van der Waals surface area contributed by atoms with Crippen LogP contribution in [-0.4, -0.2) is 19.3 Å². The van der Waals surface area contributed by atoms with E-state index >= 15 is 0 Å². The van der Waals surface area contributed by atoms with Crippen LogP contribution in [0.1, 0.15) is 24.9 Å². The molecule has 1 fully saturated rings. The first-order valence-corrected chi connectivity index (χ1v) is 6.25. The van der Waals surface area contributed by atoms with Gasteiger partial charge in [0.1, 0.15) is 5.82 Å². The van der Waals surface area contributed by atoms with Gasteiger partial charge in [-0.2, -0.15) is 0 Å². The van der Waals surface area contributed by atoms with E-state index in [-0.39, 0.29) is 11.9 Å². The molecule has 1 heterocycles. The van der Waals surface area contributed by atoms with Crippen LogP contribution in [0.4, 0.5) is 4.39 Å². The SMILES string of the molecule is CC(NC1CCOC1)c1ccc(Br)cc1F. The lowest BCUT2D eigenvalue weighted by Gasteiger charge is -2.19. The van der Waals surface area contributed by atoms with Gasteiger partial charge in [0.2, 0.25) is 0 Å². The molecule has 1 aliphatic rings. The summed E-state index contributed by atoms with van der Waals surface area (Å²) in [6, 6.07) is 5.53. The second-order valence-corrected chi connectivity index (χ2v) is 5.03. The first kappa shape index (κ1) is 12.0. The van der Waals surface area contributed by atoms with Crippen molar-refractivity contribution >= 4 is 15.9 Å². The molecule has 2 unspecified atom stereocenters. The highest BCUT2D eigenvalue weighted by atomic mass is 79.9. The fraction of sp³-hybridized carbons (Fsp3) is 0.500. The number of benzene rings is 1. The van der Waals surface area contributed by atoms with Crippen molar-refractivity contribution in [3.05, 3.63) is 34.1 Å². The van der Waals surface area contributed by atoms with E-state index in [9.17, 15) is 4.39 Å². The van der Waals surface area contributed by atoms with Gasteiger partial charge in [0.25, 0.3) is 0 Å². The lowest BCUT2D eigenvalue weighted by molar-refractivity contribution is 0.188. The highest BCUT2D eigenvalue weighted by Crippen LogP contribution is 2.22. The van der Waals surface area contributed by atoms with Gasteiger partial charge in [-0.15, -0.1) is 0 Å². The van der Waals surface area contributed by atoms with E-state index in [0.29, 0.717) is 11.6 Å². The Morgan fingerprint density at radius 3 is 3.00 bits per heavy atom. The molecule has 1 aliphatic heterocycles. The number of rotatable bonds is 3. The maximum Gasteiger partial charge on any atom is 0.129 e. The van der Waals surface area contributed by atoms with E-state index in [0.717, 1.165) is 24.1 Å². The molecule has 2 nitrogen and oxygen atoms in total. The third kappa shape index (κ3) is 2.81. The van der Waals surface area contributed by atoms with Crippen molar-refractivity contribution < 1.29 is 9.13 Å². The second-order valence-electron chi connectivity index (χ2n) is 4.11. The van der Waals surface area contributed by atoms with Crippen LogP contribution in [-0.2, 0) is 4.74 Å². The Labute approximate surface area is 103 Å². The van der Waals surface area contributed by atoms with Gasteiger partial charge in [0.15, 0.2) is 0 Å². The Bertz CT molecular complexity index is 366. The Balaban J connectivity index is 2.04. The van der Waals surface area contributed by atoms with Gasteiger partial charge >= 0.3 is 0 Å². The van der Waals surface area contributed by atoms with Crippen LogP contribution >= 0.6 is 15.9 Å². The molecule has 2 atom stereocenters. The largest absolute Gasteiger partial charge is 0.380 e. The molecule has 0 saturated carbocycles. The number of ether oxygens (including phenoxy) is 1. The minimum Gasteiger partial charge on any atom is -0.380 e. The van der Waals surface area contributed by atoms with Crippen molar-refractivity contribution in [1.29, 1.82) is 0 Å². The van der Waals surface area contributed by atoms with E-state index < -0.39 is 0 Å². The lowest BCUT2D eigenvalue weighted by Crippen LogP contribution is -2.32. The summed E-state index contributed by atoms with van der Waals surface area (Å²) in [6.45, 7) is 3.50. The fourth-order valence-corrected chi connectivity index (χ4v) is 2.30. The molecule has 0 aromatic heterocycles. The van der Waals surface area contributed by atoms with Crippen LogP contribution in [0.15, 0.2) is 22.7 Å². The average molecular weight is 288 g/mol. The standard InChI is InChI=1S/C12H15BrFNO/c1-8(15-10-4-5-16-7-10)11-3-2-9(13)6-12(11)14/h2-3,6,8,10,15H,4-5,7H2,1H3. The van der Waals surface area contributed by atoms with Crippen molar-refractivity contribution in [2.45, 2.75) is 25.4 Å². The van der Waals surface area contributed by atoms with E-state index in [1.807, 2.05) is 19.1 Å². The van der Waals surface area contributed by atoms with Crippen LogP contribution in [0.2, 0.25) is 0 Å². The van der Waals surface area contributed by atoms with Crippen molar-refractivity contribution in [2.75, 3.05) is 13.2 Å². The molecule has 1 aromatic rings. The molecule has 1 N–H and O–H groups in total. The van der Waals surface area contributed by atoms with Crippen molar-refractivity contribution in [3.63, 3.8) is 0 Å². The molecule has 0 bridgehead atoms. The first-order chi connectivity index (χ1) is 7.66. The van der Waals surface area contributed by atoms with Crippen molar-refractivity contribution in [3.8, 4) is 0 Å². The molecule has 0 radical (unpaired) electrons. The molecule has 2 rings (SSSR count). The number of hydrogen-bond donors (Lipinski definition) is 1. The highest BCUT2D eigenvalue weighted by Gasteiger charge is 2.19. The lowest BCUT2D eigenvalue weighted by atomic mass is 10.1. The Morgan fingerprint density at radius 1 is 1.56 bits per heavy atom. The molecule has 0 aliphatic carbocycles. The smallest absolute Gasteiger partial charge is 0.129 e. The molecule has 0 amide bonds. The number of halogens is 2. The molecule has 1 aromatic carbocycles. The van der Waals surface area contributed by atoms with Crippen LogP contribution in [0.3, 0.4) is 0 Å². The van der Waals surface area contributed by atoms with E-state index in [2.05, 4.69) is 21.2 Å². The summed E-state index contributed by atoms with van der Waals surface area (Å²) >= 11 is 3.25. The van der Waals surface area contributed by atoms with Crippen molar-refractivity contribution in [2.24, 2.45) is 0 Å². The highest BCUT2D eigenvalue weighted by molar-refractivity contribution is 9.10. The summed E-state index contributed by atoms with van der Waals surface area (Å²) in [5, 5.41) is 3.38. The Kier molecular flexibility index (Phi) is 3.95. The van der Waals surface area contributed by atoms with Gasteiger partial charge < -0.3 is 10.1 Å². The maximum absolute atomic E-state index is 13.7. The van der Waals surface area contributed by atoms with Crippen LogP contribution < -0.4 is 5.32 Å².